The summed E-state index contributed by atoms with van der Waals surface area (Å²) in [4.78, 5) is 0. The normalized spacial score (nSPS) is 18.8. The maximum Gasteiger partial charge on any atom is 0.0596 e. The van der Waals surface area contributed by atoms with Crippen LogP contribution in [0.3, 0.4) is 0 Å². The molecule has 0 aliphatic heterocycles. The fourth-order valence-corrected chi connectivity index (χ4v) is 3.11. The zero-order valence-electron chi connectivity index (χ0n) is 11.4. The molecule has 0 aromatic carbocycles. The summed E-state index contributed by atoms with van der Waals surface area (Å²) in [6.07, 6.45) is 6.74. The molecule has 0 saturated heterocycles. The van der Waals surface area contributed by atoms with Gasteiger partial charge in [-0.25, -0.2) is 0 Å². The standard InChI is InChI=1S/C14H25N3/c1-4-15-14(12-7-5-6-8-12)10-13-9-11(2)16-17(13)3/h9,12,14-15H,4-8,10H2,1-3H3. The van der Waals surface area contributed by atoms with Gasteiger partial charge in [-0.15, -0.1) is 0 Å². The molecule has 1 atom stereocenters. The highest BCUT2D eigenvalue weighted by Gasteiger charge is 2.25. The molecule has 0 spiro atoms. The van der Waals surface area contributed by atoms with Crippen LogP contribution in [0.25, 0.3) is 0 Å². The minimum atomic E-state index is 0.636. The molecular formula is C14H25N3. The molecule has 2 rings (SSSR count). The van der Waals surface area contributed by atoms with Gasteiger partial charge in [-0.3, -0.25) is 4.68 Å². The first-order chi connectivity index (χ1) is 8.20. The van der Waals surface area contributed by atoms with Crippen molar-refractivity contribution in [3.8, 4) is 0 Å². The Hall–Kier alpha value is -0.830. The first-order valence-electron chi connectivity index (χ1n) is 6.93. The van der Waals surface area contributed by atoms with Crippen molar-refractivity contribution in [2.75, 3.05) is 6.54 Å². The Balaban J connectivity index is 2.03. The third-order valence-corrected chi connectivity index (χ3v) is 3.96. The quantitative estimate of drug-likeness (QED) is 0.849. The van der Waals surface area contributed by atoms with Crippen LogP contribution in [0.4, 0.5) is 0 Å². The summed E-state index contributed by atoms with van der Waals surface area (Å²) in [6, 6.07) is 2.86. The molecule has 1 saturated carbocycles. The van der Waals surface area contributed by atoms with Gasteiger partial charge >= 0.3 is 0 Å². The number of nitrogens with one attached hydrogen (secondary N) is 1. The van der Waals surface area contributed by atoms with E-state index in [1.54, 1.807) is 0 Å². The summed E-state index contributed by atoms with van der Waals surface area (Å²) in [7, 11) is 2.06. The number of hydrogen-bond donors (Lipinski definition) is 1. The molecule has 1 N–H and O–H groups in total. The van der Waals surface area contributed by atoms with Crippen LogP contribution in [-0.2, 0) is 13.5 Å². The van der Waals surface area contributed by atoms with Crippen LogP contribution in [0.5, 0.6) is 0 Å². The highest BCUT2D eigenvalue weighted by atomic mass is 15.3. The van der Waals surface area contributed by atoms with Crippen LogP contribution >= 0.6 is 0 Å². The Morgan fingerprint density at radius 2 is 2.18 bits per heavy atom. The summed E-state index contributed by atoms with van der Waals surface area (Å²) in [5.74, 6) is 0.866. The van der Waals surface area contributed by atoms with Crippen LogP contribution in [0.2, 0.25) is 0 Å². The van der Waals surface area contributed by atoms with E-state index < -0.39 is 0 Å². The summed E-state index contributed by atoms with van der Waals surface area (Å²) < 4.78 is 2.04. The zero-order valence-corrected chi connectivity index (χ0v) is 11.4. The highest BCUT2D eigenvalue weighted by Crippen LogP contribution is 2.29. The average molecular weight is 235 g/mol. The lowest BCUT2D eigenvalue weighted by molar-refractivity contribution is 0.356. The predicted molar refractivity (Wildman–Crippen MR) is 71.1 cm³/mol. The average Bonchev–Trinajstić information content (AvgIpc) is 2.88. The van der Waals surface area contributed by atoms with E-state index in [4.69, 9.17) is 0 Å². The second-order valence-corrected chi connectivity index (χ2v) is 5.31. The van der Waals surface area contributed by atoms with E-state index >= 15 is 0 Å². The molecule has 1 aliphatic rings. The number of nitrogens with zero attached hydrogens (tertiary/aromatic N) is 2. The molecule has 17 heavy (non-hydrogen) atoms. The fraction of sp³-hybridized carbons (Fsp3) is 0.786. The van der Waals surface area contributed by atoms with Crippen LogP contribution < -0.4 is 5.32 Å². The number of likely N-dealkylation sites (N-methyl/N-ethyl adjacent to an activating group) is 1. The molecular weight excluding hydrogens is 210 g/mol. The van der Waals surface area contributed by atoms with E-state index in [1.165, 1.54) is 31.4 Å². The van der Waals surface area contributed by atoms with Gasteiger partial charge in [0.15, 0.2) is 0 Å². The number of rotatable bonds is 5. The Labute approximate surface area is 105 Å². The van der Waals surface area contributed by atoms with Crippen molar-refractivity contribution in [2.45, 2.75) is 52.0 Å². The molecule has 1 fully saturated rings. The Kier molecular flexibility index (Phi) is 4.21. The summed E-state index contributed by atoms with van der Waals surface area (Å²) in [5, 5.41) is 8.11. The molecule has 1 unspecified atom stereocenters. The topological polar surface area (TPSA) is 29.9 Å². The van der Waals surface area contributed by atoms with Gasteiger partial charge in [0.2, 0.25) is 0 Å². The van der Waals surface area contributed by atoms with Gasteiger partial charge in [-0.05, 0) is 38.3 Å². The molecule has 0 bridgehead atoms. The SMILES string of the molecule is CCNC(Cc1cc(C)nn1C)C1CCCC1. The fourth-order valence-electron chi connectivity index (χ4n) is 3.11. The first-order valence-corrected chi connectivity index (χ1v) is 6.93. The van der Waals surface area contributed by atoms with Crippen molar-refractivity contribution >= 4 is 0 Å². The van der Waals surface area contributed by atoms with Crippen LogP contribution in [-0.4, -0.2) is 22.4 Å². The number of hydrogen-bond acceptors (Lipinski definition) is 2. The monoisotopic (exact) mass is 235 g/mol. The Morgan fingerprint density at radius 1 is 1.47 bits per heavy atom. The van der Waals surface area contributed by atoms with Crippen molar-refractivity contribution in [3.05, 3.63) is 17.5 Å². The van der Waals surface area contributed by atoms with Gasteiger partial charge in [0.1, 0.15) is 0 Å². The first kappa shape index (κ1) is 12.6. The molecule has 1 aromatic heterocycles. The van der Waals surface area contributed by atoms with Crippen LogP contribution in [0, 0.1) is 12.8 Å². The van der Waals surface area contributed by atoms with E-state index in [0.717, 1.165) is 24.6 Å². The second-order valence-electron chi connectivity index (χ2n) is 5.31. The molecule has 1 heterocycles. The van der Waals surface area contributed by atoms with E-state index in [1.807, 2.05) is 4.68 Å². The van der Waals surface area contributed by atoms with Crippen molar-refractivity contribution < 1.29 is 0 Å². The van der Waals surface area contributed by atoms with Crippen molar-refractivity contribution in [1.29, 1.82) is 0 Å². The molecule has 0 amide bonds. The van der Waals surface area contributed by atoms with Crippen LogP contribution in [0.15, 0.2) is 6.07 Å². The van der Waals surface area contributed by atoms with Gasteiger partial charge in [-0.1, -0.05) is 19.8 Å². The minimum absolute atomic E-state index is 0.636. The largest absolute Gasteiger partial charge is 0.314 e. The summed E-state index contributed by atoms with van der Waals surface area (Å²) in [6.45, 7) is 5.34. The van der Waals surface area contributed by atoms with Crippen LogP contribution in [0.1, 0.15) is 44.0 Å². The smallest absolute Gasteiger partial charge is 0.0596 e. The van der Waals surface area contributed by atoms with Crippen molar-refractivity contribution in [1.82, 2.24) is 15.1 Å². The lowest BCUT2D eigenvalue weighted by atomic mass is 9.94. The Bertz CT molecular complexity index is 350. The Morgan fingerprint density at radius 3 is 2.71 bits per heavy atom. The molecule has 3 heteroatoms. The van der Waals surface area contributed by atoms with E-state index in [-0.39, 0.29) is 0 Å². The summed E-state index contributed by atoms with van der Waals surface area (Å²) >= 11 is 0. The van der Waals surface area contributed by atoms with Crippen molar-refractivity contribution in [3.63, 3.8) is 0 Å². The predicted octanol–water partition coefficient (Wildman–Crippen LogP) is 2.44. The lowest BCUT2D eigenvalue weighted by Gasteiger charge is -2.24. The van der Waals surface area contributed by atoms with E-state index in [2.05, 4.69) is 37.4 Å². The minimum Gasteiger partial charge on any atom is -0.314 e. The maximum absolute atomic E-state index is 4.44. The van der Waals surface area contributed by atoms with Gasteiger partial charge in [-0.2, -0.15) is 5.10 Å². The highest BCUT2D eigenvalue weighted by molar-refractivity contribution is 5.10. The molecule has 96 valence electrons. The maximum atomic E-state index is 4.44. The second kappa shape index (κ2) is 5.67. The zero-order chi connectivity index (χ0) is 12.3. The third-order valence-electron chi connectivity index (χ3n) is 3.96. The number of aryl methyl sites for hydroxylation is 2. The lowest BCUT2D eigenvalue weighted by Crippen LogP contribution is -2.37. The summed E-state index contributed by atoms with van der Waals surface area (Å²) in [5.41, 5.74) is 2.49. The van der Waals surface area contributed by atoms with Crippen molar-refractivity contribution in [2.24, 2.45) is 13.0 Å². The number of aromatic nitrogens is 2. The molecule has 1 aromatic rings. The van der Waals surface area contributed by atoms with E-state index in [9.17, 15) is 0 Å². The third kappa shape index (κ3) is 3.09. The van der Waals surface area contributed by atoms with E-state index in [0.29, 0.717) is 6.04 Å². The molecule has 0 radical (unpaired) electrons. The van der Waals surface area contributed by atoms with Gasteiger partial charge < -0.3 is 5.32 Å². The molecule has 3 nitrogen and oxygen atoms in total. The van der Waals surface area contributed by atoms with Gasteiger partial charge in [0, 0.05) is 25.2 Å². The van der Waals surface area contributed by atoms with Gasteiger partial charge in [0.25, 0.3) is 0 Å². The molecule has 1 aliphatic carbocycles. The van der Waals surface area contributed by atoms with Gasteiger partial charge in [0.05, 0.1) is 5.69 Å².